The number of carbonyl (C=O) groups is 1. The van der Waals surface area contributed by atoms with Crippen LogP contribution in [0.15, 0.2) is 36.0 Å². The molecule has 1 aromatic carbocycles. The van der Waals surface area contributed by atoms with Crippen LogP contribution in [0.5, 0.6) is 0 Å². The van der Waals surface area contributed by atoms with Gasteiger partial charge in [-0.15, -0.1) is 0 Å². The quantitative estimate of drug-likeness (QED) is 0.301. The Kier molecular flexibility index (Phi) is 8.37. The fourth-order valence-corrected chi connectivity index (χ4v) is 9.60. The SMILES string of the molecule is CCOC(=O)C=Cc1ccccc1C=C[Si](C(C)C)(C(C)C)C(C)C. The number of benzene rings is 1. The third-order valence-corrected chi connectivity index (χ3v) is 12.0. The molecule has 0 amide bonds. The zero-order valence-electron chi connectivity index (χ0n) is 16.9. The van der Waals surface area contributed by atoms with Gasteiger partial charge in [-0.1, -0.05) is 77.6 Å². The van der Waals surface area contributed by atoms with Crippen LogP contribution in [0, 0.1) is 0 Å². The molecule has 0 heterocycles. The van der Waals surface area contributed by atoms with Crippen LogP contribution >= 0.6 is 0 Å². The Bertz CT molecular complexity index is 590. The van der Waals surface area contributed by atoms with Gasteiger partial charge in [-0.05, 0) is 40.8 Å². The van der Waals surface area contributed by atoms with E-state index in [0.717, 1.165) is 11.1 Å². The molecular formula is C22H34O2Si. The van der Waals surface area contributed by atoms with Gasteiger partial charge < -0.3 is 4.74 Å². The lowest BCUT2D eigenvalue weighted by atomic mass is 10.1. The van der Waals surface area contributed by atoms with Crippen LogP contribution < -0.4 is 0 Å². The Balaban J connectivity index is 3.21. The molecule has 0 fully saturated rings. The maximum atomic E-state index is 11.6. The van der Waals surface area contributed by atoms with E-state index in [4.69, 9.17) is 4.74 Å². The third kappa shape index (κ3) is 5.43. The lowest BCUT2D eigenvalue weighted by molar-refractivity contribution is -0.137. The summed E-state index contributed by atoms with van der Waals surface area (Å²) in [6.07, 6.45) is 5.63. The second kappa shape index (κ2) is 9.76. The first kappa shape index (κ1) is 21.4. The minimum absolute atomic E-state index is 0.295. The van der Waals surface area contributed by atoms with Crippen molar-refractivity contribution in [2.75, 3.05) is 6.61 Å². The molecule has 138 valence electrons. The molecule has 0 unspecified atom stereocenters. The predicted octanol–water partition coefficient (Wildman–Crippen LogP) is 6.49. The smallest absolute Gasteiger partial charge is 0.330 e. The van der Waals surface area contributed by atoms with E-state index in [1.807, 2.05) is 31.2 Å². The Hall–Kier alpha value is -1.61. The number of esters is 1. The Labute approximate surface area is 155 Å². The summed E-state index contributed by atoms with van der Waals surface area (Å²) in [4.78, 5) is 11.6. The van der Waals surface area contributed by atoms with Crippen LogP contribution in [0.25, 0.3) is 12.2 Å². The first-order valence-electron chi connectivity index (χ1n) is 9.38. The van der Waals surface area contributed by atoms with Crippen molar-refractivity contribution in [2.45, 2.75) is 65.1 Å². The minimum Gasteiger partial charge on any atom is -0.463 e. The molecule has 25 heavy (non-hydrogen) atoms. The second-order valence-electron chi connectivity index (χ2n) is 7.51. The van der Waals surface area contributed by atoms with Crippen molar-refractivity contribution in [1.29, 1.82) is 0 Å². The van der Waals surface area contributed by atoms with Gasteiger partial charge in [0.25, 0.3) is 0 Å². The van der Waals surface area contributed by atoms with Gasteiger partial charge in [-0.25, -0.2) is 4.79 Å². The normalized spacial score (nSPS) is 12.9. The van der Waals surface area contributed by atoms with Crippen molar-refractivity contribution in [2.24, 2.45) is 0 Å². The molecule has 0 bridgehead atoms. The average Bonchev–Trinajstić information content (AvgIpc) is 2.53. The summed E-state index contributed by atoms with van der Waals surface area (Å²) in [5.41, 5.74) is 6.78. The van der Waals surface area contributed by atoms with Crippen LogP contribution in [-0.4, -0.2) is 20.7 Å². The summed E-state index contributed by atoms with van der Waals surface area (Å²) >= 11 is 0. The summed E-state index contributed by atoms with van der Waals surface area (Å²) in [5.74, 6) is -0.295. The van der Waals surface area contributed by atoms with E-state index < -0.39 is 8.07 Å². The summed E-state index contributed by atoms with van der Waals surface area (Å²) < 4.78 is 4.98. The number of ether oxygens (including phenoxy) is 1. The molecule has 0 spiro atoms. The second-order valence-corrected chi connectivity index (χ2v) is 13.3. The van der Waals surface area contributed by atoms with Crippen LogP contribution in [0.3, 0.4) is 0 Å². The predicted molar refractivity (Wildman–Crippen MR) is 112 cm³/mol. The van der Waals surface area contributed by atoms with Crippen molar-refractivity contribution in [3.63, 3.8) is 0 Å². The van der Waals surface area contributed by atoms with Gasteiger partial charge in [0.05, 0.1) is 14.7 Å². The molecule has 3 heteroatoms. The van der Waals surface area contributed by atoms with Crippen LogP contribution in [-0.2, 0) is 9.53 Å². The van der Waals surface area contributed by atoms with Crippen LogP contribution in [0.2, 0.25) is 16.6 Å². The van der Waals surface area contributed by atoms with Gasteiger partial charge in [0.1, 0.15) is 0 Å². The van der Waals surface area contributed by atoms with Gasteiger partial charge in [-0.3, -0.25) is 0 Å². The van der Waals surface area contributed by atoms with E-state index in [-0.39, 0.29) is 5.97 Å². The Morgan fingerprint density at radius 3 is 1.88 bits per heavy atom. The zero-order valence-corrected chi connectivity index (χ0v) is 17.9. The minimum atomic E-state index is -1.59. The molecule has 0 aliphatic heterocycles. The maximum Gasteiger partial charge on any atom is 0.330 e. The Morgan fingerprint density at radius 2 is 1.44 bits per heavy atom. The van der Waals surface area contributed by atoms with E-state index in [1.54, 1.807) is 0 Å². The highest BCUT2D eigenvalue weighted by molar-refractivity contribution is 6.88. The van der Waals surface area contributed by atoms with Gasteiger partial charge in [0.2, 0.25) is 0 Å². The summed E-state index contributed by atoms with van der Waals surface area (Å²) in [5, 5.41) is 0. The molecule has 1 aromatic rings. The molecule has 0 radical (unpaired) electrons. The van der Waals surface area contributed by atoms with Gasteiger partial charge in [0.15, 0.2) is 0 Å². The van der Waals surface area contributed by atoms with E-state index in [0.29, 0.717) is 23.2 Å². The Morgan fingerprint density at radius 1 is 0.960 bits per heavy atom. The fourth-order valence-electron chi connectivity index (χ4n) is 3.97. The number of rotatable bonds is 8. The molecule has 0 saturated carbocycles. The highest BCUT2D eigenvalue weighted by Crippen LogP contribution is 2.42. The molecule has 0 aliphatic carbocycles. The highest BCUT2D eigenvalue weighted by Gasteiger charge is 2.40. The number of hydrogen-bond acceptors (Lipinski definition) is 2. The monoisotopic (exact) mass is 358 g/mol. The van der Waals surface area contributed by atoms with Gasteiger partial charge >= 0.3 is 5.97 Å². The lowest BCUT2D eigenvalue weighted by Gasteiger charge is -2.40. The molecule has 0 atom stereocenters. The highest BCUT2D eigenvalue weighted by atomic mass is 28.3. The van der Waals surface area contributed by atoms with E-state index in [1.165, 1.54) is 6.08 Å². The molecule has 0 saturated heterocycles. The summed E-state index contributed by atoms with van der Waals surface area (Å²) in [7, 11) is -1.59. The molecule has 2 nitrogen and oxygen atoms in total. The molecule has 0 N–H and O–H groups in total. The van der Waals surface area contributed by atoms with Crippen molar-refractivity contribution in [3.05, 3.63) is 47.2 Å². The van der Waals surface area contributed by atoms with Crippen LogP contribution in [0.1, 0.15) is 59.6 Å². The van der Waals surface area contributed by atoms with Crippen molar-refractivity contribution in [1.82, 2.24) is 0 Å². The van der Waals surface area contributed by atoms with Gasteiger partial charge in [-0.2, -0.15) is 0 Å². The molecule has 0 aromatic heterocycles. The largest absolute Gasteiger partial charge is 0.463 e. The van der Waals surface area contributed by atoms with Crippen molar-refractivity contribution >= 4 is 26.2 Å². The lowest BCUT2D eigenvalue weighted by Crippen LogP contribution is -2.42. The molecular weight excluding hydrogens is 324 g/mol. The van der Waals surface area contributed by atoms with E-state index >= 15 is 0 Å². The molecule has 0 aliphatic rings. The number of carbonyl (C=O) groups excluding carboxylic acids is 1. The summed E-state index contributed by atoms with van der Waals surface area (Å²) in [6.45, 7) is 16.4. The maximum absolute atomic E-state index is 11.6. The zero-order chi connectivity index (χ0) is 19.0. The number of hydrogen-bond donors (Lipinski definition) is 0. The molecule has 1 rings (SSSR count). The first-order chi connectivity index (χ1) is 11.8. The topological polar surface area (TPSA) is 26.3 Å². The summed E-state index contributed by atoms with van der Waals surface area (Å²) in [6, 6.07) is 8.20. The van der Waals surface area contributed by atoms with Crippen LogP contribution in [0.4, 0.5) is 0 Å². The van der Waals surface area contributed by atoms with Crippen molar-refractivity contribution < 1.29 is 9.53 Å². The van der Waals surface area contributed by atoms with Crippen molar-refractivity contribution in [3.8, 4) is 0 Å². The average molecular weight is 359 g/mol. The first-order valence-corrected chi connectivity index (χ1v) is 11.7. The van der Waals surface area contributed by atoms with E-state index in [2.05, 4.69) is 59.4 Å². The third-order valence-electron chi connectivity index (χ3n) is 5.23. The standard InChI is InChI=1S/C22H34O2Si/c1-8-24-22(23)14-13-20-11-9-10-12-21(20)15-16-25(17(2)3,18(4)5)19(6)7/h9-19H,8H2,1-7H3. The van der Waals surface area contributed by atoms with E-state index in [9.17, 15) is 4.79 Å². The fraction of sp³-hybridized carbons (Fsp3) is 0.500. The van der Waals surface area contributed by atoms with Gasteiger partial charge in [0, 0.05) is 6.08 Å².